The SMILES string of the molecule is C[Si](C)Oc1cc(Br)cc(OC(=O)C(C)(C)C)c1C(C)(C)C. The molecule has 0 atom stereocenters. The largest absolute Gasteiger partial charge is 0.542 e. The average molecular weight is 386 g/mol. The number of rotatable bonds is 3. The molecule has 0 bridgehead atoms. The van der Waals surface area contributed by atoms with Crippen molar-refractivity contribution >= 4 is 30.9 Å². The lowest BCUT2D eigenvalue weighted by Crippen LogP contribution is -2.27. The highest BCUT2D eigenvalue weighted by molar-refractivity contribution is 9.10. The van der Waals surface area contributed by atoms with Crippen molar-refractivity contribution in [1.82, 2.24) is 0 Å². The summed E-state index contributed by atoms with van der Waals surface area (Å²) in [6, 6.07) is 3.79. The predicted molar refractivity (Wildman–Crippen MR) is 96.0 cm³/mol. The number of hydrogen-bond acceptors (Lipinski definition) is 3. The van der Waals surface area contributed by atoms with Crippen LogP contribution in [0, 0.1) is 5.41 Å². The first-order valence-corrected chi connectivity index (χ1v) is 10.6. The van der Waals surface area contributed by atoms with Crippen LogP contribution in [0.4, 0.5) is 0 Å². The lowest BCUT2D eigenvalue weighted by Gasteiger charge is -2.28. The van der Waals surface area contributed by atoms with Gasteiger partial charge in [0.25, 0.3) is 9.04 Å². The van der Waals surface area contributed by atoms with Gasteiger partial charge < -0.3 is 9.16 Å². The van der Waals surface area contributed by atoms with Crippen LogP contribution < -0.4 is 9.16 Å². The number of carbonyl (C=O) groups excluding carboxylic acids is 1. The number of carbonyl (C=O) groups is 1. The molecule has 22 heavy (non-hydrogen) atoms. The number of hydrogen-bond donors (Lipinski definition) is 0. The van der Waals surface area contributed by atoms with Gasteiger partial charge in [0.15, 0.2) is 0 Å². The molecular formula is C17H26BrO3Si. The first-order valence-electron chi connectivity index (χ1n) is 7.36. The van der Waals surface area contributed by atoms with Crippen molar-refractivity contribution in [2.45, 2.75) is 60.1 Å². The number of halogens is 1. The van der Waals surface area contributed by atoms with E-state index in [1.807, 2.05) is 32.9 Å². The summed E-state index contributed by atoms with van der Waals surface area (Å²) in [4.78, 5) is 12.3. The summed E-state index contributed by atoms with van der Waals surface area (Å²) >= 11 is 3.48. The molecule has 0 spiro atoms. The van der Waals surface area contributed by atoms with E-state index in [2.05, 4.69) is 49.8 Å². The zero-order valence-electron chi connectivity index (χ0n) is 14.8. The van der Waals surface area contributed by atoms with E-state index in [-0.39, 0.29) is 11.4 Å². The van der Waals surface area contributed by atoms with Gasteiger partial charge in [0.2, 0.25) is 0 Å². The monoisotopic (exact) mass is 385 g/mol. The zero-order chi connectivity index (χ0) is 17.3. The van der Waals surface area contributed by atoms with Crippen LogP contribution in [0.15, 0.2) is 16.6 Å². The summed E-state index contributed by atoms with van der Waals surface area (Å²) in [5, 5.41) is 0. The Labute approximate surface area is 144 Å². The molecule has 0 aliphatic heterocycles. The zero-order valence-corrected chi connectivity index (χ0v) is 17.3. The summed E-state index contributed by atoms with van der Waals surface area (Å²) in [5.74, 6) is 1.11. The molecule has 0 saturated carbocycles. The Hall–Kier alpha value is -0.813. The Morgan fingerprint density at radius 3 is 1.95 bits per heavy atom. The smallest absolute Gasteiger partial charge is 0.316 e. The molecule has 0 aromatic heterocycles. The first-order chi connectivity index (χ1) is 9.82. The van der Waals surface area contributed by atoms with Crippen molar-refractivity contribution in [2.24, 2.45) is 5.41 Å². The Bertz CT molecular complexity index is 554. The fraction of sp³-hybridized carbons (Fsp3) is 0.588. The molecule has 123 valence electrons. The molecule has 3 nitrogen and oxygen atoms in total. The molecule has 0 heterocycles. The molecular weight excluding hydrogens is 360 g/mol. The summed E-state index contributed by atoms with van der Waals surface area (Å²) in [7, 11) is -0.919. The van der Waals surface area contributed by atoms with Crippen LogP contribution in [-0.4, -0.2) is 15.0 Å². The molecule has 5 heteroatoms. The maximum absolute atomic E-state index is 12.3. The molecule has 0 fully saturated rings. The van der Waals surface area contributed by atoms with Crippen molar-refractivity contribution in [3.63, 3.8) is 0 Å². The van der Waals surface area contributed by atoms with Gasteiger partial charge in [0, 0.05) is 10.0 Å². The quantitative estimate of drug-likeness (QED) is 0.400. The molecule has 0 aliphatic carbocycles. The Morgan fingerprint density at radius 2 is 1.55 bits per heavy atom. The second-order valence-electron chi connectivity index (χ2n) is 7.68. The summed E-state index contributed by atoms with van der Waals surface area (Å²) in [5.41, 5.74) is 0.184. The van der Waals surface area contributed by atoms with Crippen molar-refractivity contribution in [3.8, 4) is 11.5 Å². The van der Waals surface area contributed by atoms with Gasteiger partial charge in [-0.15, -0.1) is 0 Å². The minimum atomic E-state index is -0.919. The van der Waals surface area contributed by atoms with Crippen LogP contribution in [0.5, 0.6) is 11.5 Å². The van der Waals surface area contributed by atoms with E-state index in [1.54, 1.807) is 0 Å². The normalized spacial score (nSPS) is 12.5. The fourth-order valence-corrected chi connectivity index (χ4v) is 2.95. The van der Waals surface area contributed by atoms with E-state index in [0.717, 1.165) is 15.8 Å². The molecule has 0 saturated heterocycles. The first kappa shape index (κ1) is 19.2. The maximum Gasteiger partial charge on any atom is 0.316 e. The highest BCUT2D eigenvalue weighted by Crippen LogP contribution is 2.42. The lowest BCUT2D eigenvalue weighted by molar-refractivity contribution is -0.143. The average Bonchev–Trinajstić information content (AvgIpc) is 2.23. The van der Waals surface area contributed by atoms with Crippen LogP contribution in [-0.2, 0) is 10.2 Å². The van der Waals surface area contributed by atoms with Gasteiger partial charge in [-0.05, 0) is 51.4 Å². The molecule has 0 N–H and O–H groups in total. The predicted octanol–water partition coefficient (Wildman–Crippen LogP) is 5.33. The van der Waals surface area contributed by atoms with E-state index >= 15 is 0 Å². The standard InChI is InChI=1S/C17H26BrO3Si/c1-16(2,3)14-12(20-15(19)17(4,5)6)9-11(18)10-13(14)21-22(7)8/h9-10H,1-8H3. The number of esters is 1. The van der Waals surface area contributed by atoms with Crippen LogP contribution in [0.1, 0.15) is 47.1 Å². The number of ether oxygens (including phenoxy) is 1. The fourth-order valence-electron chi connectivity index (χ4n) is 1.93. The Balaban J connectivity index is 3.42. The van der Waals surface area contributed by atoms with Gasteiger partial charge in [-0.25, -0.2) is 0 Å². The van der Waals surface area contributed by atoms with Crippen molar-refractivity contribution < 1.29 is 14.0 Å². The Kier molecular flexibility index (Phi) is 5.90. The molecule has 1 radical (unpaired) electrons. The topological polar surface area (TPSA) is 35.5 Å². The van der Waals surface area contributed by atoms with Gasteiger partial charge in [0.1, 0.15) is 11.5 Å². The molecule has 0 amide bonds. The van der Waals surface area contributed by atoms with Crippen LogP contribution in [0.25, 0.3) is 0 Å². The van der Waals surface area contributed by atoms with E-state index in [4.69, 9.17) is 9.16 Å². The molecule has 1 rings (SSSR count). The minimum Gasteiger partial charge on any atom is -0.542 e. The van der Waals surface area contributed by atoms with Crippen LogP contribution >= 0.6 is 15.9 Å². The van der Waals surface area contributed by atoms with E-state index in [0.29, 0.717) is 5.75 Å². The molecule has 1 aromatic rings. The van der Waals surface area contributed by atoms with Crippen molar-refractivity contribution in [2.75, 3.05) is 0 Å². The second-order valence-corrected chi connectivity index (χ2v) is 10.6. The molecule has 0 aliphatic rings. The second kappa shape index (κ2) is 6.75. The van der Waals surface area contributed by atoms with E-state index < -0.39 is 14.5 Å². The van der Waals surface area contributed by atoms with Gasteiger partial charge >= 0.3 is 5.97 Å². The third-order valence-electron chi connectivity index (χ3n) is 2.91. The highest BCUT2D eigenvalue weighted by Gasteiger charge is 2.30. The van der Waals surface area contributed by atoms with E-state index in [9.17, 15) is 4.79 Å². The van der Waals surface area contributed by atoms with Gasteiger partial charge in [-0.2, -0.15) is 0 Å². The highest BCUT2D eigenvalue weighted by atomic mass is 79.9. The third-order valence-corrected chi connectivity index (χ3v) is 4.00. The van der Waals surface area contributed by atoms with Crippen molar-refractivity contribution in [3.05, 3.63) is 22.2 Å². The maximum atomic E-state index is 12.3. The van der Waals surface area contributed by atoms with Gasteiger partial charge in [-0.3, -0.25) is 4.79 Å². The molecule has 0 unspecified atom stereocenters. The molecule has 1 aromatic carbocycles. The summed E-state index contributed by atoms with van der Waals surface area (Å²) in [6.07, 6.45) is 0. The van der Waals surface area contributed by atoms with E-state index in [1.165, 1.54) is 0 Å². The minimum absolute atomic E-state index is 0.194. The van der Waals surface area contributed by atoms with Gasteiger partial charge in [-0.1, -0.05) is 36.7 Å². The van der Waals surface area contributed by atoms with Crippen LogP contribution in [0.2, 0.25) is 13.1 Å². The summed E-state index contributed by atoms with van der Waals surface area (Å²) < 4.78 is 12.6. The van der Waals surface area contributed by atoms with Crippen molar-refractivity contribution in [1.29, 1.82) is 0 Å². The van der Waals surface area contributed by atoms with Gasteiger partial charge in [0.05, 0.1) is 5.41 Å². The van der Waals surface area contributed by atoms with Crippen LogP contribution in [0.3, 0.4) is 0 Å². The lowest BCUT2D eigenvalue weighted by atomic mass is 9.85. The Morgan fingerprint density at radius 1 is 1.05 bits per heavy atom. The summed E-state index contributed by atoms with van der Waals surface area (Å²) in [6.45, 7) is 16.0. The number of benzene rings is 1. The third kappa shape index (κ3) is 5.13.